The predicted octanol–water partition coefficient (Wildman–Crippen LogP) is 4.11. The first-order valence-corrected chi connectivity index (χ1v) is 18.2. The monoisotopic (exact) mass is 759 g/mol. The quantitative estimate of drug-likeness (QED) is 0.0681. The molecule has 55 heavy (non-hydrogen) atoms. The van der Waals surface area contributed by atoms with Gasteiger partial charge in [0.15, 0.2) is 0 Å². The van der Waals surface area contributed by atoms with Gasteiger partial charge < -0.3 is 40.8 Å². The first-order chi connectivity index (χ1) is 26.2. The molecule has 0 unspecified atom stereocenters. The number of carbonyl (C=O) groups excluding carboxylic acids is 6. The molecule has 0 aliphatic carbocycles. The maximum atomic E-state index is 13.7. The predicted molar refractivity (Wildman–Crippen MR) is 205 cm³/mol. The van der Waals surface area contributed by atoms with Crippen molar-refractivity contribution in [1.29, 1.82) is 0 Å². The SMILES string of the molecule is COC(=O)[C@H](Cc1ccccc1)NC(=O)[C@H](Cc1ccccc1)NC(=O)[C@@H](C)NC(=O)[C@H](CCCCNC(=O)OCc1ccccc1)NC(=O)OC(C)(C)C. The summed E-state index contributed by atoms with van der Waals surface area (Å²) in [6.45, 7) is 6.91. The number of hydrogen-bond donors (Lipinski definition) is 5. The van der Waals surface area contributed by atoms with E-state index in [9.17, 15) is 28.8 Å². The average Bonchev–Trinajstić information content (AvgIpc) is 3.16. The highest BCUT2D eigenvalue weighted by Crippen LogP contribution is 2.11. The van der Waals surface area contributed by atoms with Crippen molar-refractivity contribution in [2.45, 2.75) is 96.2 Å². The van der Waals surface area contributed by atoms with E-state index in [0.29, 0.717) is 12.8 Å². The molecule has 0 saturated heterocycles. The molecule has 0 fully saturated rings. The molecule has 296 valence electrons. The number of benzene rings is 3. The number of alkyl carbamates (subject to hydrolysis) is 2. The highest BCUT2D eigenvalue weighted by molar-refractivity contribution is 5.94. The second kappa shape index (κ2) is 22.3. The molecule has 3 aromatic carbocycles. The third-order valence-electron chi connectivity index (χ3n) is 8.16. The summed E-state index contributed by atoms with van der Waals surface area (Å²) in [5.41, 5.74) is 1.57. The highest BCUT2D eigenvalue weighted by atomic mass is 16.6. The Bertz CT molecular complexity index is 1680. The molecule has 3 rings (SSSR count). The summed E-state index contributed by atoms with van der Waals surface area (Å²) in [4.78, 5) is 78.2. The van der Waals surface area contributed by atoms with Crippen LogP contribution in [0.3, 0.4) is 0 Å². The second-order valence-corrected chi connectivity index (χ2v) is 13.9. The summed E-state index contributed by atoms with van der Waals surface area (Å²) in [5, 5.41) is 13.3. The number of esters is 1. The van der Waals surface area contributed by atoms with E-state index in [1.54, 1.807) is 45.0 Å². The molecule has 0 spiro atoms. The molecule has 0 radical (unpaired) electrons. The lowest BCUT2D eigenvalue weighted by Crippen LogP contribution is -2.57. The molecule has 5 amide bonds. The number of hydrogen-bond acceptors (Lipinski definition) is 9. The fraction of sp³-hybridized carbons (Fsp3) is 0.415. The Labute approximate surface area is 322 Å². The van der Waals surface area contributed by atoms with Gasteiger partial charge in [0.2, 0.25) is 17.7 Å². The number of carbonyl (C=O) groups is 6. The Hall–Kier alpha value is -5.92. The lowest BCUT2D eigenvalue weighted by atomic mass is 10.0. The van der Waals surface area contributed by atoms with E-state index in [4.69, 9.17) is 14.2 Å². The van der Waals surface area contributed by atoms with Gasteiger partial charge in [-0.1, -0.05) is 91.0 Å². The van der Waals surface area contributed by atoms with Crippen molar-refractivity contribution in [1.82, 2.24) is 26.6 Å². The third kappa shape index (κ3) is 16.7. The Balaban J connectivity index is 1.64. The third-order valence-corrected chi connectivity index (χ3v) is 8.16. The van der Waals surface area contributed by atoms with Crippen molar-refractivity contribution in [2.75, 3.05) is 13.7 Å². The lowest BCUT2D eigenvalue weighted by molar-refractivity contribution is -0.145. The summed E-state index contributed by atoms with van der Waals surface area (Å²) < 4.78 is 15.5. The number of nitrogens with one attached hydrogen (secondary N) is 5. The van der Waals surface area contributed by atoms with E-state index < -0.39 is 65.6 Å². The topological polar surface area (TPSA) is 190 Å². The molecule has 0 bridgehead atoms. The largest absolute Gasteiger partial charge is 0.467 e. The number of ether oxygens (including phenoxy) is 3. The smallest absolute Gasteiger partial charge is 0.408 e. The first-order valence-electron chi connectivity index (χ1n) is 18.2. The van der Waals surface area contributed by atoms with Crippen molar-refractivity contribution < 1.29 is 43.0 Å². The van der Waals surface area contributed by atoms with Gasteiger partial charge in [-0.05, 0) is 63.6 Å². The van der Waals surface area contributed by atoms with Gasteiger partial charge in [-0.3, -0.25) is 14.4 Å². The number of methoxy groups -OCH3 is 1. The minimum Gasteiger partial charge on any atom is -0.467 e. The molecule has 0 heterocycles. The van der Waals surface area contributed by atoms with E-state index in [2.05, 4.69) is 26.6 Å². The Kier molecular flexibility index (Phi) is 17.7. The zero-order valence-corrected chi connectivity index (χ0v) is 32.1. The van der Waals surface area contributed by atoms with E-state index >= 15 is 0 Å². The molecule has 0 aliphatic rings. The fourth-order valence-electron chi connectivity index (χ4n) is 5.35. The maximum Gasteiger partial charge on any atom is 0.408 e. The van der Waals surface area contributed by atoms with Crippen LogP contribution < -0.4 is 26.6 Å². The maximum absolute atomic E-state index is 13.7. The summed E-state index contributed by atoms with van der Waals surface area (Å²) in [6, 6.07) is 23.0. The van der Waals surface area contributed by atoms with Crippen LogP contribution >= 0.6 is 0 Å². The van der Waals surface area contributed by atoms with Crippen LogP contribution in [-0.2, 0) is 52.8 Å². The van der Waals surface area contributed by atoms with Crippen LogP contribution in [0.5, 0.6) is 0 Å². The summed E-state index contributed by atoms with van der Waals surface area (Å²) >= 11 is 0. The van der Waals surface area contributed by atoms with Gasteiger partial charge in [-0.2, -0.15) is 0 Å². The standard InChI is InChI=1S/C41H53N5O9/c1-28(35(47)44-33(25-29-17-9-6-10-18-29)37(49)45-34(38(50)53-5)26-30-19-11-7-12-20-30)43-36(48)32(46-40(52)55-41(2,3)4)23-15-16-24-42-39(51)54-27-31-21-13-8-14-22-31/h6-14,17-22,28,32-34H,15-16,23-27H2,1-5H3,(H,42,51)(H,43,48)(H,44,47)(H,45,49)(H,46,52)/t28-,32+,33+,34+/m1/s1. The Morgan fingerprint density at radius 2 is 1.11 bits per heavy atom. The molecule has 14 heteroatoms. The molecule has 0 aromatic heterocycles. The van der Waals surface area contributed by atoms with E-state index in [1.165, 1.54) is 14.0 Å². The number of rotatable bonds is 19. The van der Waals surface area contributed by atoms with E-state index in [-0.39, 0.29) is 32.4 Å². The average molecular weight is 760 g/mol. The fourth-order valence-corrected chi connectivity index (χ4v) is 5.35. The van der Waals surface area contributed by atoms with Crippen LogP contribution in [0, 0.1) is 0 Å². The van der Waals surface area contributed by atoms with Gasteiger partial charge in [0.1, 0.15) is 36.4 Å². The second-order valence-electron chi connectivity index (χ2n) is 13.9. The van der Waals surface area contributed by atoms with Crippen LogP contribution in [0.4, 0.5) is 9.59 Å². The van der Waals surface area contributed by atoms with Crippen LogP contribution in [-0.4, -0.2) is 79.3 Å². The molecule has 3 aromatic rings. The van der Waals surface area contributed by atoms with Crippen LogP contribution in [0.2, 0.25) is 0 Å². The van der Waals surface area contributed by atoms with Gasteiger partial charge in [0.05, 0.1) is 7.11 Å². The van der Waals surface area contributed by atoms with Crippen molar-refractivity contribution in [3.8, 4) is 0 Å². The van der Waals surface area contributed by atoms with Gasteiger partial charge >= 0.3 is 18.2 Å². The minimum absolute atomic E-state index is 0.0922. The molecule has 0 saturated carbocycles. The molecule has 14 nitrogen and oxygen atoms in total. The van der Waals surface area contributed by atoms with E-state index in [0.717, 1.165) is 16.7 Å². The molecule has 5 N–H and O–H groups in total. The normalized spacial score (nSPS) is 13.1. The zero-order valence-electron chi connectivity index (χ0n) is 32.1. The summed E-state index contributed by atoms with van der Waals surface area (Å²) in [6.07, 6.45) is -0.105. The lowest BCUT2D eigenvalue weighted by Gasteiger charge is -2.26. The zero-order chi connectivity index (χ0) is 40.2. The first kappa shape index (κ1) is 43.5. The van der Waals surface area contributed by atoms with Crippen molar-refractivity contribution >= 4 is 35.9 Å². The van der Waals surface area contributed by atoms with Gasteiger partial charge in [-0.25, -0.2) is 14.4 Å². The summed E-state index contributed by atoms with van der Waals surface area (Å²) in [7, 11) is 1.23. The molecular formula is C41H53N5O9. The van der Waals surface area contributed by atoms with Crippen molar-refractivity contribution in [3.63, 3.8) is 0 Å². The van der Waals surface area contributed by atoms with Crippen LogP contribution in [0.25, 0.3) is 0 Å². The molecule has 4 atom stereocenters. The van der Waals surface area contributed by atoms with E-state index in [1.807, 2.05) is 66.7 Å². The van der Waals surface area contributed by atoms with Crippen molar-refractivity contribution in [2.24, 2.45) is 0 Å². The van der Waals surface area contributed by atoms with Gasteiger partial charge in [0, 0.05) is 19.4 Å². The molecular weight excluding hydrogens is 706 g/mol. The highest BCUT2D eigenvalue weighted by Gasteiger charge is 2.31. The minimum atomic E-state index is -1.14. The molecule has 0 aliphatic heterocycles. The van der Waals surface area contributed by atoms with Gasteiger partial charge in [0.25, 0.3) is 0 Å². The Morgan fingerprint density at radius 3 is 1.65 bits per heavy atom. The van der Waals surface area contributed by atoms with Crippen LogP contribution in [0.1, 0.15) is 63.6 Å². The summed E-state index contributed by atoms with van der Waals surface area (Å²) in [5.74, 6) is -2.59. The number of unbranched alkanes of at least 4 members (excludes halogenated alkanes) is 1. The number of amides is 5. The van der Waals surface area contributed by atoms with Crippen molar-refractivity contribution in [3.05, 3.63) is 108 Å². The van der Waals surface area contributed by atoms with Gasteiger partial charge in [-0.15, -0.1) is 0 Å². The Morgan fingerprint density at radius 1 is 0.600 bits per heavy atom. The van der Waals surface area contributed by atoms with Crippen LogP contribution in [0.15, 0.2) is 91.0 Å².